The van der Waals surface area contributed by atoms with Crippen LogP contribution in [-0.4, -0.2) is 23.8 Å². The number of hydrogen-bond donors (Lipinski definition) is 2. The molecular weight excluding hydrogens is 162 g/mol. The lowest BCUT2D eigenvalue weighted by Gasteiger charge is -2.26. The molecular formula is C11H21NO. The number of hydrogen-bond acceptors (Lipinski definition) is 2. The summed E-state index contributed by atoms with van der Waals surface area (Å²) in [6.45, 7) is 2.50. The summed E-state index contributed by atoms with van der Waals surface area (Å²) >= 11 is 0. The lowest BCUT2D eigenvalue weighted by Crippen LogP contribution is -2.40. The fourth-order valence-electron chi connectivity index (χ4n) is 3.09. The van der Waals surface area contributed by atoms with E-state index in [0.29, 0.717) is 12.6 Å². The van der Waals surface area contributed by atoms with Crippen molar-refractivity contribution in [3.05, 3.63) is 0 Å². The third-order valence-electron chi connectivity index (χ3n) is 3.80. The van der Waals surface area contributed by atoms with Crippen LogP contribution in [0.5, 0.6) is 0 Å². The molecule has 76 valence electrons. The van der Waals surface area contributed by atoms with Gasteiger partial charge in [0, 0.05) is 18.7 Å². The van der Waals surface area contributed by atoms with Gasteiger partial charge in [-0.2, -0.15) is 0 Å². The van der Waals surface area contributed by atoms with Gasteiger partial charge in [0.2, 0.25) is 0 Å². The number of fused-ring (bicyclic) bond motifs is 2. The summed E-state index contributed by atoms with van der Waals surface area (Å²) in [5.74, 6) is 1.97. The van der Waals surface area contributed by atoms with Crippen LogP contribution in [0.1, 0.15) is 39.0 Å². The second kappa shape index (κ2) is 3.97. The van der Waals surface area contributed by atoms with Gasteiger partial charge in [0.05, 0.1) is 0 Å². The van der Waals surface area contributed by atoms with Crippen LogP contribution in [0.4, 0.5) is 0 Å². The van der Waals surface area contributed by atoms with E-state index in [1.165, 1.54) is 25.7 Å². The van der Waals surface area contributed by atoms with Crippen molar-refractivity contribution in [2.75, 3.05) is 6.61 Å². The van der Waals surface area contributed by atoms with Crippen molar-refractivity contribution in [3.8, 4) is 0 Å². The molecule has 4 atom stereocenters. The van der Waals surface area contributed by atoms with Crippen LogP contribution in [0.15, 0.2) is 0 Å². The van der Waals surface area contributed by atoms with Crippen LogP contribution in [-0.2, 0) is 0 Å². The first kappa shape index (κ1) is 9.47. The first-order valence-corrected chi connectivity index (χ1v) is 5.66. The zero-order chi connectivity index (χ0) is 9.26. The molecule has 2 nitrogen and oxygen atoms in total. The Morgan fingerprint density at radius 1 is 1.38 bits per heavy atom. The molecule has 2 aliphatic rings. The highest BCUT2D eigenvalue weighted by Gasteiger charge is 2.39. The molecule has 0 amide bonds. The molecule has 13 heavy (non-hydrogen) atoms. The molecule has 0 spiro atoms. The van der Waals surface area contributed by atoms with Crippen molar-refractivity contribution in [2.45, 2.75) is 51.1 Å². The van der Waals surface area contributed by atoms with Crippen LogP contribution in [0, 0.1) is 11.8 Å². The summed E-state index contributed by atoms with van der Waals surface area (Å²) in [4.78, 5) is 0. The van der Waals surface area contributed by atoms with E-state index in [9.17, 15) is 0 Å². The highest BCUT2D eigenvalue weighted by Crippen LogP contribution is 2.44. The van der Waals surface area contributed by atoms with E-state index in [4.69, 9.17) is 5.11 Å². The standard InChI is InChI=1S/C11H21NO/c1-8(4-5-13)12-11-7-9-2-3-10(11)6-9/h8-13H,2-7H2,1H3/t8-,9?,10?,11?/m1/s1. The molecule has 0 radical (unpaired) electrons. The molecule has 0 aliphatic heterocycles. The third-order valence-corrected chi connectivity index (χ3v) is 3.80. The van der Waals surface area contributed by atoms with Gasteiger partial charge in [0.1, 0.15) is 0 Å². The summed E-state index contributed by atoms with van der Waals surface area (Å²) < 4.78 is 0. The predicted molar refractivity (Wildman–Crippen MR) is 53.5 cm³/mol. The Balaban J connectivity index is 1.76. The van der Waals surface area contributed by atoms with E-state index in [1.807, 2.05) is 0 Å². The normalized spacial score (nSPS) is 39.7. The molecule has 2 N–H and O–H groups in total. The largest absolute Gasteiger partial charge is 0.396 e. The van der Waals surface area contributed by atoms with E-state index in [1.54, 1.807) is 0 Å². The molecule has 2 heteroatoms. The monoisotopic (exact) mass is 183 g/mol. The van der Waals surface area contributed by atoms with Crippen molar-refractivity contribution >= 4 is 0 Å². The molecule has 2 aliphatic carbocycles. The van der Waals surface area contributed by atoms with Crippen molar-refractivity contribution in [1.29, 1.82) is 0 Å². The number of aliphatic hydroxyl groups excluding tert-OH is 1. The molecule has 2 bridgehead atoms. The van der Waals surface area contributed by atoms with Gasteiger partial charge in [0.25, 0.3) is 0 Å². The quantitative estimate of drug-likeness (QED) is 0.693. The van der Waals surface area contributed by atoms with Crippen LogP contribution < -0.4 is 5.32 Å². The minimum atomic E-state index is 0.314. The van der Waals surface area contributed by atoms with E-state index >= 15 is 0 Å². The molecule has 0 aromatic carbocycles. The smallest absolute Gasteiger partial charge is 0.0445 e. The summed E-state index contributed by atoms with van der Waals surface area (Å²) in [7, 11) is 0. The maximum absolute atomic E-state index is 8.80. The zero-order valence-corrected chi connectivity index (χ0v) is 8.50. The Morgan fingerprint density at radius 2 is 2.23 bits per heavy atom. The van der Waals surface area contributed by atoms with E-state index in [-0.39, 0.29) is 0 Å². The van der Waals surface area contributed by atoms with Gasteiger partial charge in [-0.3, -0.25) is 0 Å². The summed E-state index contributed by atoms with van der Waals surface area (Å²) in [5.41, 5.74) is 0. The predicted octanol–water partition coefficient (Wildman–Crippen LogP) is 1.54. The maximum atomic E-state index is 8.80. The molecule has 0 aromatic rings. The van der Waals surface area contributed by atoms with Crippen molar-refractivity contribution in [1.82, 2.24) is 5.32 Å². The van der Waals surface area contributed by atoms with Gasteiger partial charge in [0.15, 0.2) is 0 Å². The lowest BCUT2D eigenvalue weighted by molar-refractivity contribution is 0.249. The average Bonchev–Trinajstić information content (AvgIpc) is 2.65. The number of nitrogens with one attached hydrogen (secondary N) is 1. The molecule has 0 saturated heterocycles. The summed E-state index contributed by atoms with van der Waals surface area (Å²) in [5, 5.41) is 12.5. The highest BCUT2D eigenvalue weighted by atomic mass is 16.3. The lowest BCUT2D eigenvalue weighted by atomic mass is 9.94. The minimum absolute atomic E-state index is 0.314. The van der Waals surface area contributed by atoms with Crippen LogP contribution in [0.2, 0.25) is 0 Å². The second-order valence-corrected chi connectivity index (χ2v) is 4.86. The Hall–Kier alpha value is -0.0800. The second-order valence-electron chi connectivity index (χ2n) is 4.86. The molecule has 0 heterocycles. The fraction of sp³-hybridized carbons (Fsp3) is 1.00. The summed E-state index contributed by atoms with van der Waals surface area (Å²) in [6.07, 6.45) is 6.66. The Kier molecular flexibility index (Phi) is 2.89. The van der Waals surface area contributed by atoms with Gasteiger partial charge < -0.3 is 10.4 Å². The topological polar surface area (TPSA) is 32.3 Å². The van der Waals surface area contributed by atoms with Gasteiger partial charge >= 0.3 is 0 Å². The molecule has 2 saturated carbocycles. The Labute approximate surface area is 80.7 Å². The van der Waals surface area contributed by atoms with Crippen molar-refractivity contribution < 1.29 is 5.11 Å². The average molecular weight is 183 g/mol. The number of aliphatic hydroxyl groups is 1. The van der Waals surface area contributed by atoms with Gasteiger partial charge in [-0.05, 0) is 44.4 Å². The van der Waals surface area contributed by atoms with Gasteiger partial charge in [-0.1, -0.05) is 6.42 Å². The molecule has 0 aromatic heterocycles. The van der Waals surface area contributed by atoms with Crippen LogP contribution in [0.3, 0.4) is 0 Å². The van der Waals surface area contributed by atoms with Gasteiger partial charge in [-0.25, -0.2) is 0 Å². The number of rotatable bonds is 4. The molecule has 2 fully saturated rings. The maximum Gasteiger partial charge on any atom is 0.0445 e. The molecule has 2 rings (SSSR count). The first-order valence-electron chi connectivity index (χ1n) is 5.66. The van der Waals surface area contributed by atoms with E-state index < -0.39 is 0 Å². The fourth-order valence-corrected chi connectivity index (χ4v) is 3.09. The summed E-state index contributed by atoms with van der Waals surface area (Å²) in [6, 6.07) is 1.26. The SMILES string of the molecule is C[C@H](CCO)NC1CC2CCC1C2. The van der Waals surface area contributed by atoms with Gasteiger partial charge in [-0.15, -0.1) is 0 Å². The minimum Gasteiger partial charge on any atom is -0.396 e. The highest BCUT2D eigenvalue weighted by molar-refractivity contribution is 4.94. The van der Waals surface area contributed by atoms with Crippen molar-refractivity contribution in [2.24, 2.45) is 11.8 Å². The van der Waals surface area contributed by atoms with E-state index in [2.05, 4.69) is 12.2 Å². The zero-order valence-electron chi connectivity index (χ0n) is 8.50. The Morgan fingerprint density at radius 3 is 2.77 bits per heavy atom. The Bertz CT molecular complexity index is 171. The van der Waals surface area contributed by atoms with E-state index in [0.717, 1.165) is 24.3 Å². The van der Waals surface area contributed by atoms with Crippen LogP contribution >= 0.6 is 0 Å². The first-order chi connectivity index (χ1) is 6.29. The third kappa shape index (κ3) is 2.05. The molecule has 3 unspecified atom stereocenters. The van der Waals surface area contributed by atoms with Crippen LogP contribution in [0.25, 0.3) is 0 Å². The van der Waals surface area contributed by atoms with Crippen molar-refractivity contribution in [3.63, 3.8) is 0 Å².